The normalized spacial score (nSPS) is 10.8. The van der Waals surface area contributed by atoms with Gasteiger partial charge in [0, 0.05) is 23.8 Å². The first kappa shape index (κ1) is 17.4. The van der Waals surface area contributed by atoms with Gasteiger partial charge in [-0.2, -0.15) is 0 Å². The van der Waals surface area contributed by atoms with Crippen molar-refractivity contribution in [1.82, 2.24) is 10.3 Å². The summed E-state index contributed by atoms with van der Waals surface area (Å²) in [7, 11) is 0. The molecule has 0 saturated carbocycles. The molecule has 0 unspecified atom stereocenters. The second-order valence-corrected chi connectivity index (χ2v) is 7.59. The number of amides is 1. The Balaban J connectivity index is 1.64. The monoisotopic (exact) mass is 350 g/mol. The number of hydrogen-bond acceptors (Lipinski definition) is 3. The topological polar surface area (TPSA) is 42.0 Å². The highest BCUT2D eigenvalue weighted by Gasteiger charge is 2.10. The average Bonchev–Trinajstić information content (AvgIpc) is 3.11. The third-order valence-corrected chi connectivity index (χ3v) is 5.02. The van der Waals surface area contributed by atoms with Crippen molar-refractivity contribution in [3.8, 4) is 10.4 Å². The average molecular weight is 350 g/mol. The van der Waals surface area contributed by atoms with Crippen LogP contribution in [0.25, 0.3) is 10.4 Å². The zero-order valence-corrected chi connectivity index (χ0v) is 15.3. The zero-order valence-electron chi connectivity index (χ0n) is 14.5. The maximum absolute atomic E-state index is 12.3. The van der Waals surface area contributed by atoms with Crippen molar-refractivity contribution in [2.75, 3.05) is 0 Å². The first-order valence-corrected chi connectivity index (χ1v) is 9.29. The van der Waals surface area contributed by atoms with Gasteiger partial charge in [-0.05, 0) is 47.2 Å². The lowest BCUT2D eigenvalue weighted by Crippen LogP contribution is -2.21. The van der Waals surface area contributed by atoms with Gasteiger partial charge in [-0.25, -0.2) is 0 Å². The third-order valence-electron chi connectivity index (χ3n) is 3.89. The zero-order chi connectivity index (χ0) is 17.6. The minimum absolute atomic E-state index is 0.0449. The highest BCUT2D eigenvalue weighted by atomic mass is 32.1. The Hall–Kier alpha value is -2.46. The maximum atomic E-state index is 12.3. The van der Waals surface area contributed by atoms with Crippen molar-refractivity contribution in [3.05, 3.63) is 76.9 Å². The van der Waals surface area contributed by atoms with Gasteiger partial charge in [0.15, 0.2) is 0 Å². The molecule has 2 heterocycles. The number of nitrogens with zero attached hydrogens (tertiary/aromatic N) is 1. The largest absolute Gasteiger partial charge is 0.347 e. The molecule has 0 atom stereocenters. The van der Waals surface area contributed by atoms with Crippen LogP contribution in [0.2, 0.25) is 0 Å². The van der Waals surface area contributed by atoms with Crippen LogP contribution in [0, 0.1) is 5.92 Å². The molecule has 0 aliphatic heterocycles. The number of aromatic nitrogens is 1. The van der Waals surface area contributed by atoms with Gasteiger partial charge < -0.3 is 5.32 Å². The SMILES string of the molecule is CC(C)Cc1ccc(-c2ccc(C(=O)NCc3cccnc3)s2)cc1. The van der Waals surface area contributed by atoms with Crippen molar-refractivity contribution in [2.45, 2.75) is 26.8 Å². The van der Waals surface area contributed by atoms with Gasteiger partial charge in [-0.15, -0.1) is 11.3 Å². The quantitative estimate of drug-likeness (QED) is 0.684. The summed E-state index contributed by atoms with van der Waals surface area (Å²) in [6, 6.07) is 16.4. The summed E-state index contributed by atoms with van der Waals surface area (Å²) in [5, 5.41) is 2.94. The van der Waals surface area contributed by atoms with Crippen LogP contribution < -0.4 is 5.32 Å². The number of carbonyl (C=O) groups is 1. The molecule has 1 amide bonds. The summed E-state index contributed by atoms with van der Waals surface area (Å²) in [4.78, 5) is 18.2. The first-order chi connectivity index (χ1) is 12.1. The fourth-order valence-electron chi connectivity index (χ4n) is 2.66. The van der Waals surface area contributed by atoms with Crippen LogP contribution in [0.1, 0.15) is 34.6 Å². The Morgan fingerprint density at radius 1 is 1.08 bits per heavy atom. The summed E-state index contributed by atoms with van der Waals surface area (Å²) in [6.07, 6.45) is 4.58. The number of thiophene rings is 1. The minimum Gasteiger partial charge on any atom is -0.347 e. The molecule has 3 nitrogen and oxygen atoms in total. The van der Waals surface area contributed by atoms with E-state index in [2.05, 4.69) is 48.4 Å². The molecule has 128 valence electrons. The Morgan fingerprint density at radius 3 is 2.56 bits per heavy atom. The van der Waals surface area contributed by atoms with Crippen molar-refractivity contribution >= 4 is 17.2 Å². The van der Waals surface area contributed by atoms with Crippen molar-refractivity contribution in [2.24, 2.45) is 5.92 Å². The van der Waals surface area contributed by atoms with Gasteiger partial charge in [0.2, 0.25) is 0 Å². The summed E-state index contributed by atoms with van der Waals surface area (Å²) >= 11 is 1.52. The van der Waals surface area contributed by atoms with Gasteiger partial charge in [-0.1, -0.05) is 44.2 Å². The Bertz CT molecular complexity index is 823. The van der Waals surface area contributed by atoms with Crippen molar-refractivity contribution < 1.29 is 4.79 Å². The van der Waals surface area contributed by atoms with E-state index in [1.54, 1.807) is 12.4 Å². The van der Waals surface area contributed by atoms with E-state index in [9.17, 15) is 4.79 Å². The molecule has 0 bridgehead atoms. The van der Waals surface area contributed by atoms with Crippen LogP contribution in [0.3, 0.4) is 0 Å². The van der Waals surface area contributed by atoms with Gasteiger partial charge >= 0.3 is 0 Å². The highest BCUT2D eigenvalue weighted by molar-refractivity contribution is 7.17. The number of benzene rings is 1. The number of carbonyl (C=O) groups excluding carboxylic acids is 1. The smallest absolute Gasteiger partial charge is 0.261 e. The number of pyridine rings is 1. The second kappa shape index (κ2) is 8.08. The fourth-order valence-corrected chi connectivity index (χ4v) is 3.59. The number of rotatable bonds is 6. The van der Waals surface area contributed by atoms with E-state index in [1.165, 1.54) is 16.9 Å². The Labute approximate surface area is 152 Å². The lowest BCUT2D eigenvalue weighted by molar-refractivity contribution is 0.0955. The minimum atomic E-state index is -0.0449. The summed E-state index contributed by atoms with van der Waals surface area (Å²) in [5.41, 5.74) is 3.50. The van der Waals surface area contributed by atoms with E-state index in [-0.39, 0.29) is 5.91 Å². The summed E-state index contributed by atoms with van der Waals surface area (Å²) < 4.78 is 0. The van der Waals surface area contributed by atoms with Crippen LogP contribution in [0.4, 0.5) is 0 Å². The van der Waals surface area contributed by atoms with E-state index in [0.29, 0.717) is 12.5 Å². The fraction of sp³-hybridized carbons (Fsp3) is 0.238. The van der Waals surface area contributed by atoms with Gasteiger partial charge in [-0.3, -0.25) is 9.78 Å². The molecule has 3 rings (SSSR count). The van der Waals surface area contributed by atoms with E-state index in [1.807, 2.05) is 24.3 Å². The Morgan fingerprint density at radius 2 is 1.88 bits per heavy atom. The molecular formula is C21H22N2OS. The predicted octanol–water partition coefficient (Wildman–Crippen LogP) is 4.94. The van der Waals surface area contributed by atoms with E-state index in [0.717, 1.165) is 27.3 Å². The van der Waals surface area contributed by atoms with E-state index >= 15 is 0 Å². The Kier molecular flexibility index (Phi) is 5.61. The first-order valence-electron chi connectivity index (χ1n) is 8.48. The molecular weight excluding hydrogens is 328 g/mol. The standard InChI is InChI=1S/C21H22N2OS/c1-15(2)12-16-5-7-18(8-6-16)19-9-10-20(25-19)21(24)23-14-17-4-3-11-22-13-17/h3-11,13,15H,12,14H2,1-2H3,(H,23,24). The molecule has 1 aromatic carbocycles. The molecule has 2 aromatic heterocycles. The molecule has 0 radical (unpaired) electrons. The number of hydrogen-bond donors (Lipinski definition) is 1. The lowest BCUT2D eigenvalue weighted by Gasteiger charge is -2.05. The molecule has 0 fully saturated rings. The molecule has 0 spiro atoms. The summed E-state index contributed by atoms with van der Waals surface area (Å²) in [6.45, 7) is 4.94. The van der Waals surface area contributed by atoms with Crippen molar-refractivity contribution in [1.29, 1.82) is 0 Å². The highest BCUT2D eigenvalue weighted by Crippen LogP contribution is 2.28. The lowest BCUT2D eigenvalue weighted by atomic mass is 10.0. The van der Waals surface area contributed by atoms with Gasteiger partial charge in [0.1, 0.15) is 0 Å². The molecule has 3 aromatic rings. The van der Waals surface area contributed by atoms with Gasteiger partial charge in [0.05, 0.1) is 4.88 Å². The molecule has 0 aliphatic carbocycles. The molecule has 25 heavy (non-hydrogen) atoms. The molecule has 4 heteroatoms. The van der Waals surface area contributed by atoms with Crippen LogP contribution in [0.15, 0.2) is 60.9 Å². The van der Waals surface area contributed by atoms with Crippen LogP contribution in [-0.2, 0) is 13.0 Å². The predicted molar refractivity (Wildman–Crippen MR) is 104 cm³/mol. The number of nitrogens with one attached hydrogen (secondary N) is 1. The van der Waals surface area contributed by atoms with Gasteiger partial charge in [0.25, 0.3) is 5.91 Å². The van der Waals surface area contributed by atoms with Crippen LogP contribution >= 0.6 is 11.3 Å². The van der Waals surface area contributed by atoms with Crippen molar-refractivity contribution in [3.63, 3.8) is 0 Å². The van der Waals surface area contributed by atoms with E-state index < -0.39 is 0 Å². The molecule has 0 aliphatic rings. The van der Waals surface area contributed by atoms with Crippen LogP contribution in [-0.4, -0.2) is 10.9 Å². The molecule has 0 saturated heterocycles. The van der Waals surface area contributed by atoms with Crippen LogP contribution in [0.5, 0.6) is 0 Å². The van der Waals surface area contributed by atoms with E-state index in [4.69, 9.17) is 0 Å². The maximum Gasteiger partial charge on any atom is 0.261 e. The second-order valence-electron chi connectivity index (χ2n) is 6.50. The summed E-state index contributed by atoms with van der Waals surface area (Å²) in [5.74, 6) is 0.610. The third kappa shape index (κ3) is 4.77. The molecule has 1 N–H and O–H groups in total.